The van der Waals surface area contributed by atoms with Gasteiger partial charge in [-0.3, -0.25) is 0 Å². The first-order valence-corrected chi connectivity index (χ1v) is 13.4. The highest BCUT2D eigenvalue weighted by atomic mass is 16.7. The molecule has 34 heavy (non-hydrogen) atoms. The summed E-state index contributed by atoms with van der Waals surface area (Å²) in [6.45, 7) is 15.9. The molecule has 4 heteroatoms. The number of esters is 1. The molecule has 0 radical (unpaired) electrons. The number of carbonyl (C=O) groups is 1. The summed E-state index contributed by atoms with van der Waals surface area (Å²) in [5.41, 5.74) is 3.86. The number of ether oxygens (including phenoxy) is 1. The number of hydrogen-bond acceptors (Lipinski definition) is 4. The Morgan fingerprint density at radius 3 is 2.44 bits per heavy atom. The zero-order valence-corrected chi connectivity index (χ0v) is 22.2. The van der Waals surface area contributed by atoms with Gasteiger partial charge in [0.15, 0.2) is 0 Å². The molecule has 188 valence electrons. The second kappa shape index (κ2) is 7.32. The van der Waals surface area contributed by atoms with E-state index >= 15 is 0 Å². The van der Waals surface area contributed by atoms with E-state index in [9.17, 15) is 15.0 Å². The van der Waals surface area contributed by atoms with Crippen LogP contribution in [0.2, 0.25) is 0 Å². The predicted octanol–water partition coefficient (Wildman–Crippen LogP) is 6.09. The highest BCUT2D eigenvalue weighted by Crippen LogP contribution is 2.71. The third kappa shape index (κ3) is 3.06. The van der Waals surface area contributed by atoms with Crippen LogP contribution in [-0.2, 0) is 9.53 Å². The van der Waals surface area contributed by atoms with Crippen molar-refractivity contribution in [2.24, 2.45) is 39.4 Å². The molecular weight excluding hydrogens is 424 g/mol. The van der Waals surface area contributed by atoms with Gasteiger partial charge in [-0.1, -0.05) is 64.8 Å². The zero-order valence-electron chi connectivity index (χ0n) is 22.2. The second-order valence-corrected chi connectivity index (χ2v) is 13.6. The molecule has 0 saturated heterocycles. The fraction of sp³-hybridized carbons (Fsp3) is 0.767. The van der Waals surface area contributed by atoms with E-state index in [1.807, 2.05) is 0 Å². The Morgan fingerprint density at radius 1 is 1.09 bits per heavy atom. The lowest BCUT2D eigenvalue weighted by Gasteiger charge is -2.64. The van der Waals surface area contributed by atoms with Crippen molar-refractivity contribution in [3.63, 3.8) is 0 Å². The van der Waals surface area contributed by atoms with E-state index in [2.05, 4.69) is 53.7 Å². The lowest BCUT2D eigenvalue weighted by molar-refractivity contribution is -0.182. The van der Waals surface area contributed by atoms with Gasteiger partial charge in [-0.2, -0.15) is 0 Å². The molecule has 4 nitrogen and oxygen atoms in total. The summed E-state index contributed by atoms with van der Waals surface area (Å²) in [6.07, 6.45) is 13.2. The second-order valence-electron chi connectivity index (χ2n) is 13.6. The van der Waals surface area contributed by atoms with Crippen LogP contribution in [0.3, 0.4) is 0 Å². The molecule has 4 aliphatic carbocycles. The van der Waals surface area contributed by atoms with Gasteiger partial charge in [0.25, 0.3) is 0 Å². The number of aliphatic hydroxyl groups excluding tert-OH is 1. The molecule has 0 aromatic heterocycles. The Kier molecular flexibility index (Phi) is 5.23. The largest absolute Gasteiger partial charge is 0.426 e. The monoisotopic (exact) mass is 468 g/mol. The summed E-state index contributed by atoms with van der Waals surface area (Å²) in [5, 5.41) is 21.8. The fourth-order valence-electron chi connectivity index (χ4n) is 9.35. The average molecular weight is 469 g/mol. The molecule has 5 aliphatic rings. The van der Waals surface area contributed by atoms with Crippen LogP contribution in [-0.4, -0.2) is 28.1 Å². The molecule has 0 spiro atoms. The van der Waals surface area contributed by atoms with Crippen molar-refractivity contribution < 1.29 is 19.7 Å². The Bertz CT molecular complexity index is 1000. The maximum Gasteiger partial charge on any atom is 0.336 e. The van der Waals surface area contributed by atoms with Crippen molar-refractivity contribution in [3.05, 3.63) is 34.9 Å². The molecule has 2 saturated carbocycles. The van der Waals surface area contributed by atoms with Crippen LogP contribution in [0.4, 0.5) is 0 Å². The molecule has 2 N–H and O–H groups in total. The third-order valence-electron chi connectivity index (χ3n) is 11.5. The minimum Gasteiger partial charge on any atom is -0.426 e. The Hall–Kier alpha value is -1.39. The Balaban J connectivity index is 1.45. The van der Waals surface area contributed by atoms with Gasteiger partial charge in [0.1, 0.15) is 0 Å². The summed E-state index contributed by atoms with van der Waals surface area (Å²) < 4.78 is 5.34. The highest BCUT2D eigenvalue weighted by molar-refractivity contribution is 5.90. The van der Waals surface area contributed by atoms with E-state index in [1.165, 1.54) is 18.4 Å². The lowest BCUT2D eigenvalue weighted by atomic mass is 9.41. The van der Waals surface area contributed by atoms with Crippen LogP contribution in [0.1, 0.15) is 93.4 Å². The van der Waals surface area contributed by atoms with Crippen LogP contribution in [0, 0.1) is 39.4 Å². The van der Waals surface area contributed by atoms with Gasteiger partial charge in [-0.15, -0.1) is 0 Å². The molecule has 5 rings (SSSR count). The Morgan fingerprint density at radius 2 is 1.79 bits per heavy atom. The molecule has 0 aromatic carbocycles. The SMILES string of the molecule is CC1=C[C@](O)(C[C@@H](C)C2=CC[C@@]3(C)[C@@H]4CC[C@H]5C(C)(C)[C@H](O)CC[C@]5(C)C4=CC[C@]23C)OC1=O. The first-order chi connectivity index (χ1) is 15.7. The van der Waals surface area contributed by atoms with Gasteiger partial charge < -0.3 is 14.9 Å². The van der Waals surface area contributed by atoms with Crippen molar-refractivity contribution in [2.75, 3.05) is 0 Å². The third-order valence-corrected chi connectivity index (χ3v) is 11.5. The standard InChI is InChI=1S/C30H44O4/c1-18(16-30(33)17-19(2)25(32)34-30)20-10-14-29(7)22-8-9-23-26(3,4)24(31)12-13-27(23,5)21(22)11-15-28(20,29)6/h10-11,17-18,22-24,31,33H,8-9,12-16H2,1-7H3/t18-,22-,23+,24-,27-,28-,29+,30+/m1/s1. The number of rotatable bonds is 3. The van der Waals surface area contributed by atoms with Crippen LogP contribution < -0.4 is 0 Å². The van der Waals surface area contributed by atoms with E-state index in [1.54, 1.807) is 18.6 Å². The molecule has 0 unspecified atom stereocenters. The normalized spacial score (nSPS) is 48.1. The van der Waals surface area contributed by atoms with Crippen molar-refractivity contribution in [1.82, 2.24) is 0 Å². The summed E-state index contributed by atoms with van der Waals surface area (Å²) in [7, 11) is 0. The summed E-state index contributed by atoms with van der Waals surface area (Å²) in [4.78, 5) is 11.9. The topological polar surface area (TPSA) is 66.8 Å². The maximum absolute atomic E-state index is 11.9. The number of allylic oxidation sites excluding steroid dienone is 4. The van der Waals surface area contributed by atoms with Crippen molar-refractivity contribution in [3.8, 4) is 0 Å². The van der Waals surface area contributed by atoms with Gasteiger partial charge in [0.05, 0.1) is 6.10 Å². The quantitative estimate of drug-likeness (QED) is 0.388. The smallest absolute Gasteiger partial charge is 0.336 e. The summed E-state index contributed by atoms with van der Waals surface area (Å²) >= 11 is 0. The van der Waals surface area contributed by atoms with Gasteiger partial charge in [0.2, 0.25) is 5.79 Å². The molecule has 1 aliphatic heterocycles. The van der Waals surface area contributed by atoms with E-state index in [0.29, 0.717) is 23.8 Å². The molecule has 1 heterocycles. The minimum atomic E-state index is -1.49. The average Bonchev–Trinajstić information content (AvgIpc) is 3.16. The first-order valence-electron chi connectivity index (χ1n) is 13.4. The van der Waals surface area contributed by atoms with Crippen LogP contribution in [0.15, 0.2) is 34.9 Å². The van der Waals surface area contributed by atoms with Gasteiger partial charge in [-0.05, 0) is 90.9 Å². The number of hydrogen-bond donors (Lipinski definition) is 2. The zero-order chi connectivity index (χ0) is 24.9. The number of carbonyl (C=O) groups excluding carboxylic acids is 1. The molecular formula is C30H44O4. The number of fused-ring (bicyclic) bond motifs is 5. The van der Waals surface area contributed by atoms with Crippen LogP contribution in [0.5, 0.6) is 0 Å². The van der Waals surface area contributed by atoms with Crippen LogP contribution >= 0.6 is 0 Å². The lowest BCUT2D eigenvalue weighted by Crippen LogP contribution is -2.57. The van der Waals surface area contributed by atoms with Crippen molar-refractivity contribution in [1.29, 1.82) is 0 Å². The molecule has 8 atom stereocenters. The van der Waals surface area contributed by atoms with Crippen molar-refractivity contribution >= 4 is 5.97 Å². The molecule has 2 fully saturated rings. The van der Waals surface area contributed by atoms with E-state index in [0.717, 1.165) is 25.7 Å². The first kappa shape index (κ1) is 24.3. The molecule has 0 amide bonds. The van der Waals surface area contributed by atoms with E-state index < -0.39 is 11.8 Å². The summed E-state index contributed by atoms with van der Waals surface area (Å²) in [6, 6.07) is 0. The fourth-order valence-corrected chi connectivity index (χ4v) is 9.35. The minimum absolute atomic E-state index is 0.0329. The van der Waals surface area contributed by atoms with Gasteiger partial charge in [0, 0.05) is 12.0 Å². The Labute approximate surface area is 205 Å². The summed E-state index contributed by atoms with van der Waals surface area (Å²) in [5.74, 6) is -0.714. The van der Waals surface area contributed by atoms with Gasteiger partial charge >= 0.3 is 5.97 Å². The van der Waals surface area contributed by atoms with Gasteiger partial charge in [-0.25, -0.2) is 4.79 Å². The van der Waals surface area contributed by atoms with Crippen LogP contribution in [0.25, 0.3) is 0 Å². The predicted molar refractivity (Wildman–Crippen MR) is 134 cm³/mol. The number of aliphatic hydroxyl groups is 2. The molecule has 0 aromatic rings. The number of cyclic esters (lactones) is 1. The van der Waals surface area contributed by atoms with Crippen molar-refractivity contribution in [2.45, 2.75) is 105 Å². The molecule has 0 bridgehead atoms. The van der Waals surface area contributed by atoms with E-state index in [-0.39, 0.29) is 33.7 Å². The van der Waals surface area contributed by atoms with E-state index in [4.69, 9.17) is 4.74 Å². The maximum atomic E-state index is 11.9. The highest BCUT2D eigenvalue weighted by Gasteiger charge is 2.63.